The molecule has 3 aliphatic heterocycles. The summed E-state index contributed by atoms with van der Waals surface area (Å²) in [5.74, 6) is -8.95. The van der Waals surface area contributed by atoms with Crippen LogP contribution < -0.4 is 60.1 Å². The second kappa shape index (κ2) is 17.7. The van der Waals surface area contributed by atoms with E-state index in [9.17, 15) is 53.1 Å². The van der Waals surface area contributed by atoms with Gasteiger partial charge in [0.05, 0.1) is 22.3 Å². The van der Waals surface area contributed by atoms with Crippen LogP contribution in [0.3, 0.4) is 0 Å². The van der Waals surface area contributed by atoms with Gasteiger partial charge in [-0.15, -0.1) is 11.8 Å². The zero-order valence-electron chi connectivity index (χ0n) is 31.2. The molecule has 3 N–H and O–H groups in total. The molecule has 1 unspecified atom stereocenters. The van der Waals surface area contributed by atoms with Gasteiger partial charge in [0.2, 0.25) is 18.0 Å². The number of fused-ring (bicyclic) bond motifs is 1. The number of rotatable bonds is 13. The van der Waals surface area contributed by atoms with Crippen LogP contribution in [0.25, 0.3) is 0 Å². The molecule has 0 spiro atoms. The smallest absolute Gasteiger partial charge is 0.548 e. The van der Waals surface area contributed by atoms with Gasteiger partial charge in [-0.25, -0.2) is 9.59 Å². The molecule has 0 aliphatic carbocycles. The Bertz CT molecular complexity index is 2020. The Morgan fingerprint density at radius 2 is 1.61 bits per heavy atom. The predicted molar refractivity (Wildman–Crippen MR) is 187 cm³/mol. The quantitative estimate of drug-likeness (QED) is 0.0326. The average Bonchev–Trinajstić information content (AvgIpc) is 3.45. The van der Waals surface area contributed by atoms with Crippen LogP contribution in [0.15, 0.2) is 48.5 Å². The molecule has 57 heavy (non-hydrogen) atoms. The number of benzene rings is 2. The maximum Gasteiger partial charge on any atom is 1.00 e. The topological polar surface area (TPSA) is 267 Å². The standard InChI is InChI=1S/C35H36N6O14S.Na/c1-5-39-13-14-40(28(47)27(39)46)33(52)37-24(20-9-7-6-8-10-20)26(45)38-35(36-17-42)31(51)41-25(29(48)49)34(4,56-32(35)41)16-53-30(50)21-11-12-22(54-18(2)43)23(15-21)55-19(3)44;/h6-12,15,17,24-25,32H,5,13-14,16H2,1-4H3,(H,36,42)(H,37,52)(H,38,45)(H,48,49);/q;+1/p-1/t24-,25?,32+,34+,35-;/m1./s1. The van der Waals surface area contributed by atoms with Crippen molar-refractivity contribution in [2.45, 2.75) is 55.6 Å². The zero-order valence-corrected chi connectivity index (χ0v) is 34.0. The molecule has 7 amide bonds. The predicted octanol–water partition coefficient (Wildman–Crippen LogP) is -4.81. The van der Waals surface area contributed by atoms with Gasteiger partial charge < -0.3 is 49.9 Å². The number of hydrogen-bond donors (Lipinski definition) is 3. The molecule has 0 saturated carbocycles. The van der Waals surface area contributed by atoms with Gasteiger partial charge in [-0.2, -0.15) is 0 Å². The molecule has 2 aromatic rings. The number of carbonyl (C=O) groups excluding carboxylic acids is 10. The van der Waals surface area contributed by atoms with Crippen molar-refractivity contribution >= 4 is 71.7 Å². The molecule has 3 heterocycles. The maximum atomic E-state index is 14.1. The van der Waals surface area contributed by atoms with Crippen LogP contribution in [0.2, 0.25) is 0 Å². The largest absolute Gasteiger partial charge is 1.00 e. The van der Waals surface area contributed by atoms with Crippen LogP contribution in [0.4, 0.5) is 4.79 Å². The second-order valence-electron chi connectivity index (χ2n) is 12.8. The van der Waals surface area contributed by atoms with E-state index in [0.717, 1.165) is 36.6 Å². The fraction of sp³-hybridized carbons (Fsp3) is 0.371. The number of carboxylic acids is 1. The Morgan fingerprint density at radius 1 is 0.965 bits per heavy atom. The number of esters is 3. The number of likely N-dealkylation sites (N-methyl/N-ethyl adjacent to an activating group) is 1. The summed E-state index contributed by atoms with van der Waals surface area (Å²) in [4.78, 5) is 130. The first-order chi connectivity index (χ1) is 26.5. The number of amides is 7. The van der Waals surface area contributed by atoms with Crippen molar-refractivity contribution in [1.82, 2.24) is 30.7 Å². The zero-order chi connectivity index (χ0) is 41.1. The number of urea groups is 1. The number of carbonyl (C=O) groups is 10. The number of β-lactam (4-membered cyclic amide) rings is 1. The first-order valence-corrected chi connectivity index (χ1v) is 17.7. The fourth-order valence-corrected chi connectivity index (χ4v) is 8.12. The second-order valence-corrected chi connectivity index (χ2v) is 14.5. The molecule has 2 aromatic carbocycles. The number of ether oxygens (including phenoxy) is 3. The van der Waals surface area contributed by atoms with Gasteiger partial charge in [-0.05, 0) is 37.6 Å². The minimum atomic E-state index is -2.29. The minimum Gasteiger partial charge on any atom is -0.548 e. The Kier molecular flexibility index (Phi) is 13.8. The Morgan fingerprint density at radius 3 is 2.21 bits per heavy atom. The first kappa shape index (κ1) is 44.2. The van der Waals surface area contributed by atoms with Crippen molar-refractivity contribution in [2.24, 2.45) is 0 Å². The van der Waals surface area contributed by atoms with Crippen LogP contribution in [-0.4, -0.2) is 123 Å². The van der Waals surface area contributed by atoms with Gasteiger partial charge in [0.1, 0.15) is 18.0 Å². The molecule has 3 saturated heterocycles. The molecule has 296 valence electrons. The van der Waals surface area contributed by atoms with Crippen molar-refractivity contribution in [2.75, 3.05) is 26.2 Å². The summed E-state index contributed by atoms with van der Waals surface area (Å²) >= 11 is 0.759. The third kappa shape index (κ3) is 8.75. The van der Waals surface area contributed by atoms with Gasteiger partial charge >= 0.3 is 65.3 Å². The van der Waals surface area contributed by atoms with Crippen molar-refractivity contribution in [3.8, 4) is 11.5 Å². The molecular formula is C35H35N6NaO14S. The molecule has 3 fully saturated rings. The van der Waals surface area contributed by atoms with E-state index in [1.165, 1.54) is 36.1 Å². The molecule has 22 heteroatoms. The number of nitrogens with one attached hydrogen (secondary N) is 3. The molecule has 0 aromatic heterocycles. The van der Waals surface area contributed by atoms with Gasteiger partial charge in [-0.3, -0.25) is 38.5 Å². The van der Waals surface area contributed by atoms with E-state index in [2.05, 4.69) is 16.0 Å². The van der Waals surface area contributed by atoms with Gasteiger partial charge in [0, 0.05) is 33.5 Å². The van der Waals surface area contributed by atoms with E-state index in [0.29, 0.717) is 4.90 Å². The van der Waals surface area contributed by atoms with Crippen LogP contribution in [-0.2, 0) is 43.1 Å². The Labute approximate surface area is 350 Å². The van der Waals surface area contributed by atoms with Crippen LogP contribution >= 0.6 is 11.8 Å². The van der Waals surface area contributed by atoms with Crippen molar-refractivity contribution in [3.63, 3.8) is 0 Å². The SMILES string of the molecule is CCN1CCN(C(=O)N[C@@H](C(=O)N[C@]2(NC=O)C(=O)N3C(C(=O)[O-])[C@](C)(COC(=O)c4ccc(OC(C)=O)c(OC(C)=O)c4)S[C@H]32)c2ccccc2)C(=O)C1=O.[Na+]. The number of aliphatic carboxylic acids is 1. The van der Waals surface area contributed by atoms with Crippen molar-refractivity contribution < 1.29 is 96.8 Å². The summed E-state index contributed by atoms with van der Waals surface area (Å²) in [7, 11) is 0. The van der Waals surface area contributed by atoms with E-state index in [1.807, 2.05) is 0 Å². The van der Waals surface area contributed by atoms with Crippen molar-refractivity contribution in [1.29, 1.82) is 0 Å². The summed E-state index contributed by atoms with van der Waals surface area (Å²) in [5.41, 5.74) is -2.30. The summed E-state index contributed by atoms with van der Waals surface area (Å²) in [5, 5.41) is 18.3. The third-order valence-electron chi connectivity index (χ3n) is 9.04. The van der Waals surface area contributed by atoms with Gasteiger partial charge in [0.15, 0.2) is 11.5 Å². The average molecular weight is 819 g/mol. The minimum absolute atomic E-state index is 0. The number of carboxylic acid groups (broad SMARTS) is 1. The summed E-state index contributed by atoms with van der Waals surface area (Å²) in [6, 6.07) is 6.59. The number of imide groups is 1. The van der Waals surface area contributed by atoms with E-state index in [4.69, 9.17) is 14.2 Å². The van der Waals surface area contributed by atoms with Crippen LogP contribution in [0, 0.1) is 0 Å². The van der Waals surface area contributed by atoms with Crippen LogP contribution in [0.1, 0.15) is 49.7 Å². The molecule has 0 radical (unpaired) electrons. The Balaban J connectivity index is 0.00000720. The Hall–Kier alpha value is -5.51. The molecular weight excluding hydrogens is 783 g/mol. The molecule has 3 aliphatic rings. The normalized spacial score (nSPS) is 22.8. The van der Waals surface area contributed by atoms with Crippen molar-refractivity contribution in [3.05, 3.63) is 59.7 Å². The number of thioether (sulfide) groups is 1. The van der Waals surface area contributed by atoms with E-state index >= 15 is 0 Å². The van der Waals surface area contributed by atoms with Gasteiger partial charge in [0.25, 0.3) is 5.91 Å². The van der Waals surface area contributed by atoms with Gasteiger partial charge in [-0.1, -0.05) is 30.3 Å². The molecule has 5 rings (SSSR count). The van der Waals surface area contributed by atoms with E-state index < -0.39 is 88.0 Å². The number of hydrogen-bond acceptors (Lipinski definition) is 15. The molecule has 0 bridgehead atoms. The monoisotopic (exact) mass is 818 g/mol. The fourth-order valence-electron chi connectivity index (χ4n) is 6.41. The summed E-state index contributed by atoms with van der Waals surface area (Å²) in [6.07, 6.45) is 0.105. The summed E-state index contributed by atoms with van der Waals surface area (Å²) < 4.78 is 13.8. The maximum absolute atomic E-state index is 14.1. The number of nitrogens with zero attached hydrogens (tertiary/aromatic N) is 3. The summed E-state index contributed by atoms with van der Waals surface area (Å²) in [6.45, 7) is 4.64. The van der Waals surface area contributed by atoms with E-state index in [-0.39, 0.29) is 78.2 Å². The van der Waals surface area contributed by atoms with E-state index in [1.54, 1.807) is 25.1 Å². The molecule has 20 nitrogen and oxygen atoms in total. The third-order valence-corrected chi connectivity index (χ3v) is 10.7. The van der Waals surface area contributed by atoms with Crippen LogP contribution in [0.5, 0.6) is 11.5 Å². The first-order valence-electron chi connectivity index (χ1n) is 16.9. The molecule has 5 atom stereocenters. The number of piperazine rings is 1.